The molecule has 2 rings (SSSR count). The molecule has 0 saturated heterocycles. The minimum Gasteiger partial charge on any atom is -0.356 e. The highest BCUT2D eigenvalue weighted by atomic mass is 16.1. The maximum Gasteiger partial charge on any atom is 0.221 e. The summed E-state index contributed by atoms with van der Waals surface area (Å²) >= 11 is 0. The average Bonchev–Trinajstić information content (AvgIpc) is 2.82. The van der Waals surface area contributed by atoms with Crippen LogP contribution in [-0.2, 0) is 17.8 Å². The molecule has 0 aliphatic heterocycles. The minimum absolute atomic E-state index is 0.0820. The maximum atomic E-state index is 11.5. The number of carbonyl (C=O) groups excluding carboxylic acids is 1. The van der Waals surface area contributed by atoms with Crippen LogP contribution in [0.1, 0.15) is 19.2 Å². The summed E-state index contributed by atoms with van der Waals surface area (Å²) in [4.78, 5) is 16.2. The molecule has 0 saturated carbocycles. The van der Waals surface area contributed by atoms with E-state index in [2.05, 4.69) is 33.2 Å². The molecule has 0 fully saturated rings. The van der Waals surface area contributed by atoms with Crippen molar-refractivity contribution in [2.45, 2.75) is 26.3 Å². The van der Waals surface area contributed by atoms with E-state index in [9.17, 15) is 4.79 Å². The van der Waals surface area contributed by atoms with Crippen LogP contribution >= 0.6 is 0 Å². The van der Waals surface area contributed by atoms with Gasteiger partial charge in [0, 0.05) is 32.5 Å². The number of amides is 1. The number of fused-ring (bicyclic) bond motifs is 1. The van der Waals surface area contributed by atoms with Crippen molar-refractivity contribution >= 4 is 16.9 Å². The standard InChI is InChI=1S/C15H22N4O/c1-3-19-13-7-5-4-6-12(13)18-14(19)8-11-17-15(20)9-10-16-2/h4-7,16H,3,8-11H2,1-2H3,(H,17,20). The molecule has 1 amide bonds. The Labute approximate surface area is 119 Å². The number of hydrogen-bond donors (Lipinski definition) is 2. The lowest BCUT2D eigenvalue weighted by Gasteiger charge is -2.07. The van der Waals surface area contributed by atoms with Gasteiger partial charge in [0.05, 0.1) is 11.0 Å². The van der Waals surface area contributed by atoms with Crippen LogP contribution in [0.25, 0.3) is 11.0 Å². The second-order valence-electron chi connectivity index (χ2n) is 4.71. The molecule has 1 heterocycles. The number of hydrogen-bond acceptors (Lipinski definition) is 3. The molecule has 5 nitrogen and oxygen atoms in total. The zero-order valence-electron chi connectivity index (χ0n) is 12.1. The van der Waals surface area contributed by atoms with Gasteiger partial charge in [-0.25, -0.2) is 4.98 Å². The first kappa shape index (κ1) is 14.5. The molecule has 1 aromatic carbocycles. The Balaban J connectivity index is 1.97. The Morgan fingerprint density at radius 2 is 2.10 bits per heavy atom. The quantitative estimate of drug-likeness (QED) is 0.800. The number of aryl methyl sites for hydroxylation is 1. The van der Waals surface area contributed by atoms with Gasteiger partial charge < -0.3 is 15.2 Å². The molecule has 0 bridgehead atoms. The van der Waals surface area contributed by atoms with Crippen molar-refractivity contribution in [3.05, 3.63) is 30.1 Å². The van der Waals surface area contributed by atoms with Crippen LogP contribution in [0, 0.1) is 0 Å². The molecule has 1 aromatic heterocycles. The predicted molar refractivity (Wildman–Crippen MR) is 80.7 cm³/mol. The van der Waals surface area contributed by atoms with Gasteiger partial charge in [-0.3, -0.25) is 4.79 Å². The van der Waals surface area contributed by atoms with Gasteiger partial charge in [-0.1, -0.05) is 12.1 Å². The van der Waals surface area contributed by atoms with Crippen molar-refractivity contribution in [3.8, 4) is 0 Å². The molecule has 5 heteroatoms. The number of nitrogens with zero attached hydrogens (tertiary/aromatic N) is 2. The predicted octanol–water partition coefficient (Wildman–Crippen LogP) is 1.32. The molecule has 0 aliphatic rings. The van der Waals surface area contributed by atoms with E-state index in [0.717, 1.165) is 29.8 Å². The van der Waals surface area contributed by atoms with Crippen molar-refractivity contribution < 1.29 is 4.79 Å². The summed E-state index contributed by atoms with van der Waals surface area (Å²) in [6, 6.07) is 8.13. The van der Waals surface area contributed by atoms with Crippen LogP contribution in [0.4, 0.5) is 0 Å². The molecule has 108 valence electrons. The summed E-state index contributed by atoms with van der Waals surface area (Å²) in [5.41, 5.74) is 2.18. The van der Waals surface area contributed by atoms with Gasteiger partial charge in [0.1, 0.15) is 5.82 Å². The fourth-order valence-corrected chi connectivity index (χ4v) is 2.31. The van der Waals surface area contributed by atoms with Gasteiger partial charge in [0.25, 0.3) is 0 Å². The smallest absolute Gasteiger partial charge is 0.221 e. The van der Waals surface area contributed by atoms with Crippen molar-refractivity contribution in [1.82, 2.24) is 20.2 Å². The number of carbonyl (C=O) groups is 1. The van der Waals surface area contributed by atoms with Crippen LogP contribution in [0.3, 0.4) is 0 Å². The van der Waals surface area contributed by atoms with E-state index in [4.69, 9.17) is 0 Å². The van der Waals surface area contributed by atoms with Gasteiger partial charge in [-0.15, -0.1) is 0 Å². The van der Waals surface area contributed by atoms with Gasteiger partial charge in [0.2, 0.25) is 5.91 Å². The lowest BCUT2D eigenvalue weighted by Crippen LogP contribution is -2.28. The summed E-state index contributed by atoms with van der Waals surface area (Å²) in [5.74, 6) is 1.11. The van der Waals surface area contributed by atoms with E-state index in [-0.39, 0.29) is 5.91 Å². The highest BCUT2D eigenvalue weighted by Gasteiger charge is 2.09. The average molecular weight is 274 g/mol. The normalized spacial score (nSPS) is 10.9. The van der Waals surface area contributed by atoms with Crippen molar-refractivity contribution in [2.75, 3.05) is 20.1 Å². The summed E-state index contributed by atoms with van der Waals surface area (Å²) in [6.07, 6.45) is 1.27. The first-order valence-electron chi connectivity index (χ1n) is 7.11. The zero-order valence-corrected chi connectivity index (χ0v) is 12.1. The van der Waals surface area contributed by atoms with Gasteiger partial charge in [-0.2, -0.15) is 0 Å². The first-order chi connectivity index (χ1) is 9.76. The van der Waals surface area contributed by atoms with E-state index in [1.54, 1.807) is 0 Å². The third-order valence-corrected chi connectivity index (χ3v) is 3.32. The Morgan fingerprint density at radius 3 is 2.85 bits per heavy atom. The number of benzene rings is 1. The summed E-state index contributed by atoms with van der Waals surface area (Å²) in [6.45, 7) is 4.35. The highest BCUT2D eigenvalue weighted by Crippen LogP contribution is 2.15. The van der Waals surface area contributed by atoms with E-state index < -0.39 is 0 Å². The Kier molecular flexibility index (Phi) is 5.12. The van der Waals surface area contributed by atoms with Crippen molar-refractivity contribution in [1.29, 1.82) is 0 Å². The number of nitrogens with one attached hydrogen (secondary N) is 2. The van der Waals surface area contributed by atoms with Gasteiger partial charge >= 0.3 is 0 Å². The Bertz CT molecular complexity index is 576. The van der Waals surface area contributed by atoms with E-state index in [1.807, 2.05) is 25.2 Å². The third kappa shape index (κ3) is 3.36. The summed E-state index contributed by atoms with van der Waals surface area (Å²) in [5, 5.41) is 5.89. The third-order valence-electron chi connectivity index (χ3n) is 3.32. The lowest BCUT2D eigenvalue weighted by atomic mass is 10.3. The van der Waals surface area contributed by atoms with Crippen LogP contribution < -0.4 is 10.6 Å². The van der Waals surface area contributed by atoms with Crippen molar-refractivity contribution in [3.63, 3.8) is 0 Å². The second-order valence-corrected chi connectivity index (χ2v) is 4.71. The Morgan fingerprint density at radius 1 is 1.30 bits per heavy atom. The molecule has 0 atom stereocenters. The van der Waals surface area contributed by atoms with Gasteiger partial charge in [0.15, 0.2) is 0 Å². The second kappa shape index (κ2) is 7.05. The molecular weight excluding hydrogens is 252 g/mol. The SMILES string of the molecule is CCn1c(CCNC(=O)CCNC)nc2ccccc21. The summed E-state index contributed by atoms with van der Waals surface area (Å²) in [7, 11) is 1.84. The minimum atomic E-state index is 0.0820. The first-order valence-corrected chi connectivity index (χ1v) is 7.11. The fraction of sp³-hybridized carbons (Fsp3) is 0.467. The number of para-hydroxylation sites is 2. The fourth-order valence-electron chi connectivity index (χ4n) is 2.31. The molecule has 0 radical (unpaired) electrons. The molecule has 2 N–H and O–H groups in total. The maximum absolute atomic E-state index is 11.5. The molecule has 0 unspecified atom stereocenters. The van der Waals surface area contributed by atoms with E-state index in [1.165, 1.54) is 0 Å². The van der Waals surface area contributed by atoms with E-state index >= 15 is 0 Å². The Hall–Kier alpha value is -1.88. The van der Waals surface area contributed by atoms with Gasteiger partial charge in [-0.05, 0) is 26.1 Å². The molecule has 20 heavy (non-hydrogen) atoms. The highest BCUT2D eigenvalue weighted by molar-refractivity contribution is 5.76. The van der Waals surface area contributed by atoms with Crippen LogP contribution in [0.2, 0.25) is 0 Å². The number of aromatic nitrogens is 2. The topological polar surface area (TPSA) is 59.0 Å². The molecular formula is C15H22N4O. The molecule has 0 spiro atoms. The van der Waals surface area contributed by atoms with Crippen LogP contribution in [0.5, 0.6) is 0 Å². The number of imidazole rings is 1. The van der Waals surface area contributed by atoms with Crippen molar-refractivity contribution in [2.24, 2.45) is 0 Å². The zero-order chi connectivity index (χ0) is 14.4. The van der Waals surface area contributed by atoms with Crippen LogP contribution in [0.15, 0.2) is 24.3 Å². The largest absolute Gasteiger partial charge is 0.356 e. The molecule has 0 aliphatic carbocycles. The van der Waals surface area contributed by atoms with E-state index in [0.29, 0.717) is 19.5 Å². The number of rotatable bonds is 7. The lowest BCUT2D eigenvalue weighted by molar-refractivity contribution is -0.120. The molecule has 2 aromatic rings. The van der Waals surface area contributed by atoms with Crippen LogP contribution in [-0.4, -0.2) is 35.6 Å². The summed E-state index contributed by atoms with van der Waals surface area (Å²) < 4.78 is 2.20. The monoisotopic (exact) mass is 274 g/mol.